The highest BCUT2D eigenvalue weighted by Crippen LogP contribution is 2.29. The Balaban J connectivity index is 1.56. The van der Waals surface area contributed by atoms with Gasteiger partial charge in [0.25, 0.3) is 0 Å². The van der Waals surface area contributed by atoms with Gasteiger partial charge in [-0.2, -0.15) is 11.8 Å². The standard InChI is InChI=1S/C16H22N2OS2/c19-16(15-12-20-10-11-21-15)18-9-3-5-14(18)7-6-13-4-1-2-8-17-13/h1-2,4,8,14-15H,3,5-7,9-12H2/t14-,15?/m0/s1. The first kappa shape index (κ1) is 15.2. The topological polar surface area (TPSA) is 33.2 Å². The molecule has 2 aliphatic heterocycles. The summed E-state index contributed by atoms with van der Waals surface area (Å²) in [4.78, 5) is 19.2. The molecule has 0 radical (unpaired) electrons. The van der Waals surface area contributed by atoms with E-state index in [4.69, 9.17) is 0 Å². The summed E-state index contributed by atoms with van der Waals surface area (Å²) < 4.78 is 0. The molecule has 0 N–H and O–H groups in total. The average molecular weight is 322 g/mol. The number of hydrogen-bond donors (Lipinski definition) is 0. The van der Waals surface area contributed by atoms with Gasteiger partial charge in [0.2, 0.25) is 5.91 Å². The highest BCUT2D eigenvalue weighted by molar-refractivity contribution is 8.07. The fourth-order valence-corrected chi connectivity index (χ4v) is 5.72. The maximum atomic E-state index is 12.7. The third-order valence-corrected chi connectivity index (χ3v) is 6.95. The van der Waals surface area contributed by atoms with Crippen LogP contribution < -0.4 is 0 Å². The Morgan fingerprint density at radius 2 is 2.33 bits per heavy atom. The van der Waals surface area contributed by atoms with Gasteiger partial charge in [-0.25, -0.2) is 0 Å². The molecule has 114 valence electrons. The molecule has 2 saturated heterocycles. The molecule has 2 atom stereocenters. The average Bonchev–Trinajstić information content (AvgIpc) is 3.02. The minimum absolute atomic E-state index is 0.194. The quantitative estimate of drug-likeness (QED) is 0.853. The molecule has 5 heteroatoms. The lowest BCUT2D eigenvalue weighted by atomic mass is 10.1. The van der Waals surface area contributed by atoms with E-state index in [-0.39, 0.29) is 5.25 Å². The smallest absolute Gasteiger partial charge is 0.236 e. The van der Waals surface area contributed by atoms with Crippen LogP contribution in [-0.4, -0.2) is 50.9 Å². The zero-order chi connectivity index (χ0) is 14.5. The third kappa shape index (κ3) is 3.95. The van der Waals surface area contributed by atoms with Gasteiger partial charge in [-0.3, -0.25) is 9.78 Å². The molecular weight excluding hydrogens is 300 g/mol. The maximum Gasteiger partial charge on any atom is 0.236 e. The van der Waals surface area contributed by atoms with Crippen LogP contribution in [0.1, 0.15) is 25.0 Å². The van der Waals surface area contributed by atoms with Crippen LogP contribution in [-0.2, 0) is 11.2 Å². The molecule has 1 aromatic rings. The Labute approximate surface area is 135 Å². The van der Waals surface area contributed by atoms with Gasteiger partial charge in [0.1, 0.15) is 0 Å². The first-order chi connectivity index (χ1) is 10.3. The van der Waals surface area contributed by atoms with E-state index in [2.05, 4.69) is 16.0 Å². The monoisotopic (exact) mass is 322 g/mol. The number of aromatic nitrogens is 1. The molecule has 3 nitrogen and oxygen atoms in total. The summed E-state index contributed by atoms with van der Waals surface area (Å²) in [5.74, 6) is 3.69. The lowest BCUT2D eigenvalue weighted by Crippen LogP contribution is -2.43. The molecule has 0 aromatic carbocycles. The van der Waals surface area contributed by atoms with E-state index in [0.29, 0.717) is 11.9 Å². The number of carbonyl (C=O) groups excluding carboxylic acids is 1. The number of thioether (sulfide) groups is 2. The molecular formula is C16H22N2OS2. The van der Waals surface area contributed by atoms with Crippen molar-refractivity contribution >= 4 is 29.4 Å². The van der Waals surface area contributed by atoms with Crippen molar-refractivity contribution in [3.05, 3.63) is 30.1 Å². The number of rotatable bonds is 4. The molecule has 1 unspecified atom stereocenters. The molecule has 0 bridgehead atoms. The van der Waals surface area contributed by atoms with Crippen LogP contribution >= 0.6 is 23.5 Å². The fraction of sp³-hybridized carbons (Fsp3) is 0.625. The Kier molecular flexibility index (Phi) is 5.47. The molecule has 0 aliphatic carbocycles. The Hall–Kier alpha value is -0.680. The van der Waals surface area contributed by atoms with Gasteiger partial charge in [0.05, 0.1) is 5.25 Å². The Morgan fingerprint density at radius 3 is 3.10 bits per heavy atom. The zero-order valence-electron chi connectivity index (χ0n) is 12.2. The first-order valence-electron chi connectivity index (χ1n) is 7.74. The predicted octanol–water partition coefficient (Wildman–Crippen LogP) is 2.85. The van der Waals surface area contributed by atoms with Crippen LogP contribution in [0.4, 0.5) is 0 Å². The summed E-state index contributed by atoms with van der Waals surface area (Å²) in [6.45, 7) is 0.952. The second-order valence-corrected chi connectivity index (χ2v) is 8.08. The van der Waals surface area contributed by atoms with E-state index in [1.807, 2.05) is 41.9 Å². The van der Waals surface area contributed by atoms with Crippen LogP contribution in [0.25, 0.3) is 0 Å². The summed E-state index contributed by atoms with van der Waals surface area (Å²) in [7, 11) is 0. The van der Waals surface area contributed by atoms with E-state index >= 15 is 0 Å². The van der Waals surface area contributed by atoms with Crippen molar-refractivity contribution in [2.75, 3.05) is 23.8 Å². The van der Waals surface area contributed by atoms with E-state index < -0.39 is 0 Å². The molecule has 1 aromatic heterocycles. The molecule has 3 rings (SSSR count). The number of nitrogens with zero attached hydrogens (tertiary/aromatic N) is 2. The number of hydrogen-bond acceptors (Lipinski definition) is 4. The predicted molar refractivity (Wildman–Crippen MR) is 90.9 cm³/mol. The summed E-state index contributed by atoms with van der Waals surface area (Å²) in [5, 5.41) is 0.194. The Bertz CT molecular complexity index is 463. The van der Waals surface area contributed by atoms with Crippen LogP contribution in [0.5, 0.6) is 0 Å². The summed E-state index contributed by atoms with van der Waals surface area (Å²) in [6, 6.07) is 6.49. The van der Waals surface area contributed by atoms with E-state index in [1.54, 1.807) is 0 Å². The summed E-state index contributed by atoms with van der Waals surface area (Å²) in [5.41, 5.74) is 1.14. The third-order valence-electron chi connectivity index (χ3n) is 4.21. The molecule has 21 heavy (non-hydrogen) atoms. The highest BCUT2D eigenvalue weighted by Gasteiger charge is 2.33. The van der Waals surface area contributed by atoms with Crippen LogP contribution in [0.3, 0.4) is 0 Å². The van der Waals surface area contributed by atoms with E-state index in [0.717, 1.165) is 49.4 Å². The second kappa shape index (κ2) is 7.54. The number of amides is 1. The van der Waals surface area contributed by atoms with Crippen molar-refractivity contribution in [2.24, 2.45) is 0 Å². The van der Waals surface area contributed by atoms with Crippen LogP contribution in [0.15, 0.2) is 24.4 Å². The van der Waals surface area contributed by atoms with Gasteiger partial charge >= 0.3 is 0 Å². The Morgan fingerprint density at radius 1 is 1.38 bits per heavy atom. The second-order valence-electron chi connectivity index (χ2n) is 5.62. The van der Waals surface area contributed by atoms with E-state index in [9.17, 15) is 4.79 Å². The molecule has 0 saturated carbocycles. The molecule has 1 amide bonds. The number of carbonyl (C=O) groups is 1. The van der Waals surface area contributed by atoms with Gasteiger partial charge in [-0.15, -0.1) is 11.8 Å². The molecule has 2 fully saturated rings. The number of likely N-dealkylation sites (tertiary alicyclic amines) is 1. The number of aryl methyl sites for hydroxylation is 1. The minimum atomic E-state index is 0.194. The molecule has 0 spiro atoms. The van der Waals surface area contributed by atoms with Crippen molar-refractivity contribution in [3.8, 4) is 0 Å². The first-order valence-corrected chi connectivity index (χ1v) is 9.94. The van der Waals surface area contributed by atoms with Crippen molar-refractivity contribution < 1.29 is 4.79 Å². The van der Waals surface area contributed by atoms with Crippen LogP contribution in [0, 0.1) is 0 Å². The largest absolute Gasteiger partial charge is 0.339 e. The lowest BCUT2D eigenvalue weighted by Gasteiger charge is -2.30. The zero-order valence-corrected chi connectivity index (χ0v) is 13.9. The van der Waals surface area contributed by atoms with Crippen molar-refractivity contribution in [1.29, 1.82) is 0 Å². The van der Waals surface area contributed by atoms with Crippen molar-refractivity contribution in [3.63, 3.8) is 0 Å². The van der Waals surface area contributed by atoms with Gasteiger partial charge < -0.3 is 4.90 Å². The van der Waals surface area contributed by atoms with Gasteiger partial charge in [0, 0.05) is 41.7 Å². The maximum absolute atomic E-state index is 12.7. The normalized spacial score (nSPS) is 26.0. The highest BCUT2D eigenvalue weighted by atomic mass is 32.2. The van der Waals surface area contributed by atoms with Crippen molar-refractivity contribution in [1.82, 2.24) is 9.88 Å². The summed E-state index contributed by atoms with van der Waals surface area (Å²) in [6.07, 6.45) is 6.18. The van der Waals surface area contributed by atoms with Gasteiger partial charge in [-0.05, 0) is 37.8 Å². The van der Waals surface area contributed by atoms with E-state index in [1.165, 1.54) is 5.75 Å². The van der Waals surface area contributed by atoms with Crippen LogP contribution in [0.2, 0.25) is 0 Å². The lowest BCUT2D eigenvalue weighted by molar-refractivity contribution is -0.131. The van der Waals surface area contributed by atoms with Gasteiger partial charge in [0.15, 0.2) is 0 Å². The molecule has 2 aliphatic rings. The molecule has 3 heterocycles. The van der Waals surface area contributed by atoms with Gasteiger partial charge in [-0.1, -0.05) is 6.07 Å². The van der Waals surface area contributed by atoms with Crippen molar-refractivity contribution in [2.45, 2.75) is 37.0 Å². The number of pyridine rings is 1. The minimum Gasteiger partial charge on any atom is -0.339 e. The SMILES string of the molecule is O=C(C1CSCCS1)N1CCC[C@H]1CCc1ccccn1. The summed E-state index contributed by atoms with van der Waals surface area (Å²) >= 11 is 3.77. The fourth-order valence-electron chi connectivity index (χ4n) is 3.10.